The SMILES string of the molecule is CCOC(=O)c1cn(CC)n2c(cc3ccccc32)c1=O. The van der Waals surface area contributed by atoms with Gasteiger partial charge in [-0.2, -0.15) is 0 Å². The average Bonchev–Trinajstić information content (AvgIpc) is 2.88. The van der Waals surface area contributed by atoms with Crippen LogP contribution < -0.4 is 5.43 Å². The minimum Gasteiger partial charge on any atom is -0.462 e. The van der Waals surface area contributed by atoms with Crippen LogP contribution in [0.15, 0.2) is 41.3 Å². The standard InChI is InChI=1S/C16H16N2O3/c1-3-17-10-12(16(20)21-4-2)15(19)14-9-11-7-5-6-8-13(11)18(14)17/h5-10H,3-4H2,1-2H3. The zero-order valence-corrected chi connectivity index (χ0v) is 12.0. The molecule has 3 aromatic rings. The van der Waals surface area contributed by atoms with Gasteiger partial charge in [0, 0.05) is 18.1 Å². The first-order valence-electron chi connectivity index (χ1n) is 6.98. The third-order valence-corrected chi connectivity index (χ3v) is 3.52. The normalized spacial score (nSPS) is 11.1. The molecule has 108 valence electrons. The minimum atomic E-state index is -0.572. The van der Waals surface area contributed by atoms with E-state index >= 15 is 0 Å². The van der Waals surface area contributed by atoms with Crippen molar-refractivity contribution >= 4 is 22.4 Å². The van der Waals surface area contributed by atoms with Crippen molar-refractivity contribution in [2.75, 3.05) is 6.61 Å². The molecule has 2 heterocycles. The van der Waals surface area contributed by atoms with Crippen LogP contribution >= 0.6 is 0 Å². The van der Waals surface area contributed by atoms with Crippen LogP contribution in [0.1, 0.15) is 24.2 Å². The van der Waals surface area contributed by atoms with Crippen molar-refractivity contribution in [1.82, 2.24) is 9.20 Å². The number of ether oxygens (including phenoxy) is 1. The molecule has 5 nitrogen and oxygen atoms in total. The third-order valence-electron chi connectivity index (χ3n) is 3.52. The van der Waals surface area contributed by atoms with E-state index in [1.54, 1.807) is 13.1 Å². The van der Waals surface area contributed by atoms with E-state index in [-0.39, 0.29) is 17.6 Å². The van der Waals surface area contributed by atoms with E-state index in [9.17, 15) is 9.59 Å². The molecule has 0 saturated carbocycles. The van der Waals surface area contributed by atoms with Crippen LogP contribution in [-0.2, 0) is 11.3 Å². The Morgan fingerprint density at radius 1 is 1.19 bits per heavy atom. The summed E-state index contributed by atoms with van der Waals surface area (Å²) in [7, 11) is 0. The molecule has 0 fully saturated rings. The number of hydrogen-bond acceptors (Lipinski definition) is 3. The molecule has 0 spiro atoms. The Morgan fingerprint density at radius 2 is 1.95 bits per heavy atom. The molecule has 0 aliphatic rings. The van der Waals surface area contributed by atoms with Gasteiger partial charge in [0.15, 0.2) is 0 Å². The maximum absolute atomic E-state index is 12.5. The molecule has 2 aromatic heterocycles. The number of nitrogens with zero attached hydrogens (tertiary/aromatic N) is 2. The first kappa shape index (κ1) is 13.4. The summed E-state index contributed by atoms with van der Waals surface area (Å²) in [4.78, 5) is 24.5. The number of aromatic nitrogens is 2. The molecule has 0 atom stereocenters. The molecule has 1 aromatic carbocycles. The Morgan fingerprint density at radius 3 is 2.67 bits per heavy atom. The third kappa shape index (κ3) is 2.01. The highest BCUT2D eigenvalue weighted by molar-refractivity contribution is 5.93. The predicted molar refractivity (Wildman–Crippen MR) is 80.8 cm³/mol. The number of hydrogen-bond donors (Lipinski definition) is 0. The van der Waals surface area contributed by atoms with E-state index in [0.29, 0.717) is 12.1 Å². The monoisotopic (exact) mass is 284 g/mol. The molecule has 0 saturated heterocycles. The van der Waals surface area contributed by atoms with Gasteiger partial charge in [-0.1, -0.05) is 18.2 Å². The lowest BCUT2D eigenvalue weighted by Crippen LogP contribution is -2.24. The van der Waals surface area contributed by atoms with Crippen molar-refractivity contribution in [1.29, 1.82) is 0 Å². The zero-order valence-electron chi connectivity index (χ0n) is 12.0. The van der Waals surface area contributed by atoms with E-state index in [4.69, 9.17) is 4.74 Å². The fourth-order valence-corrected chi connectivity index (χ4v) is 2.57. The number of esters is 1. The van der Waals surface area contributed by atoms with Crippen molar-refractivity contribution in [3.8, 4) is 0 Å². The lowest BCUT2D eigenvalue weighted by Gasteiger charge is -2.11. The minimum absolute atomic E-state index is 0.0778. The molecular weight excluding hydrogens is 268 g/mol. The maximum Gasteiger partial charge on any atom is 0.343 e. The molecule has 0 bridgehead atoms. The summed E-state index contributed by atoms with van der Waals surface area (Å²) in [5, 5.41) is 0.970. The summed E-state index contributed by atoms with van der Waals surface area (Å²) in [6.45, 7) is 4.58. The van der Waals surface area contributed by atoms with E-state index in [0.717, 1.165) is 10.9 Å². The highest BCUT2D eigenvalue weighted by Crippen LogP contribution is 2.18. The molecule has 0 amide bonds. The molecule has 0 radical (unpaired) electrons. The number of carbonyl (C=O) groups excluding carboxylic acids is 1. The van der Waals surface area contributed by atoms with Gasteiger partial charge in [-0.05, 0) is 26.0 Å². The number of benzene rings is 1. The van der Waals surface area contributed by atoms with Gasteiger partial charge >= 0.3 is 5.97 Å². The predicted octanol–water partition coefficient (Wildman–Crippen LogP) is 2.45. The summed E-state index contributed by atoms with van der Waals surface area (Å²) in [6.07, 6.45) is 1.57. The second kappa shape index (κ2) is 5.09. The van der Waals surface area contributed by atoms with Gasteiger partial charge in [0.2, 0.25) is 5.43 Å². The van der Waals surface area contributed by atoms with Crippen LogP contribution in [-0.4, -0.2) is 21.8 Å². The number of rotatable bonds is 3. The van der Waals surface area contributed by atoms with Crippen LogP contribution in [0.25, 0.3) is 16.4 Å². The molecule has 0 aliphatic carbocycles. The highest BCUT2D eigenvalue weighted by atomic mass is 16.5. The van der Waals surface area contributed by atoms with Crippen molar-refractivity contribution in [2.24, 2.45) is 0 Å². The first-order valence-corrected chi connectivity index (χ1v) is 6.98. The van der Waals surface area contributed by atoms with Crippen molar-refractivity contribution in [3.05, 3.63) is 52.3 Å². The van der Waals surface area contributed by atoms with E-state index < -0.39 is 5.97 Å². The number of carbonyl (C=O) groups is 1. The summed E-state index contributed by atoms with van der Waals surface area (Å²) in [5.41, 5.74) is 1.22. The zero-order chi connectivity index (χ0) is 15.0. The first-order chi connectivity index (χ1) is 10.2. The second-order valence-electron chi connectivity index (χ2n) is 4.75. The highest BCUT2D eigenvalue weighted by Gasteiger charge is 2.17. The lowest BCUT2D eigenvalue weighted by molar-refractivity contribution is 0.0523. The molecule has 0 N–H and O–H groups in total. The van der Waals surface area contributed by atoms with Gasteiger partial charge in [-0.15, -0.1) is 0 Å². The van der Waals surface area contributed by atoms with Gasteiger partial charge < -0.3 is 4.74 Å². The smallest absolute Gasteiger partial charge is 0.343 e. The van der Waals surface area contributed by atoms with Gasteiger partial charge in [-0.25, -0.2) is 9.31 Å². The summed E-state index contributed by atoms with van der Waals surface area (Å²) >= 11 is 0. The van der Waals surface area contributed by atoms with Gasteiger partial charge in [0.25, 0.3) is 0 Å². The molecule has 21 heavy (non-hydrogen) atoms. The van der Waals surface area contributed by atoms with Crippen molar-refractivity contribution < 1.29 is 9.53 Å². The maximum atomic E-state index is 12.5. The van der Waals surface area contributed by atoms with Crippen LogP contribution in [0.3, 0.4) is 0 Å². The second-order valence-corrected chi connectivity index (χ2v) is 4.75. The fraction of sp³-hybridized carbons (Fsp3) is 0.250. The Kier molecular flexibility index (Phi) is 3.25. The van der Waals surface area contributed by atoms with E-state index in [1.807, 2.05) is 46.5 Å². The topological polar surface area (TPSA) is 52.7 Å². The summed E-state index contributed by atoms with van der Waals surface area (Å²) in [6, 6.07) is 9.57. The van der Waals surface area contributed by atoms with Crippen LogP contribution in [0.2, 0.25) is 0 Å². The molecule has 3 rings (SSSR count). The van der Waals surface area contributed by atoms with Gasteiger partial charge in [0.05, 0.1) is 12.1 Å². The van der Waals surface area contributed by atoms with Crippen molar-refractivity contribution in [2.45, 2.75) is 20.4 Å². The quantitative estimate of drug-likeness (QED) is 0.694. The van der Waals surface area contributed by atoms with Crippen LogP contribution in [0.4, 0.5) is 0 Å². The largest absolute Gasteiger partial charge is 0.462 e. The Balaban J connectivity index is 2.41. The van der Waals surface area contributed by atoms with E-state index in [1.165, 1.54) is 0 Å². The van der Waals surface area contributed by atoms with Gasteiger partial charge in [0.1, 0.15) is 11.1 Å². The average molecular weight is 284 g/mol. The molecule has 5 heteroatoms. The van der Waals surface area contributed by atoms with Crippen molar-refractivity contribution in [3.63, 3.8) is 0 Å². The Bertz CT molecular complexity index is 890. The molecular formula is C16H16N2O3. The molecule has 0 aliphatic heterocycles. The molecule has 0 unspecified atom stereocenters. The lowest BCUT2D eigenvalue weighted by atomic mass is 10.2. The Hall–Kier alpha value is -2.56. The van der Waals surface area contributed by atoms with Gasteiger partial charge in [-0.3, -0.25) is 9.48 Å². The van der Waals surface area contributed by atoms with E-state index in [2.05, 4.69) is 0 Å². The summed E-state index contributed by atoms with van der Waals surface area (Å²) < 4.78 is 8.67. The number of para-hydroxylation sites is 1. The fourth-order valence-electron chi connectivity index (χ4n) is 2.57. The van der Waals surface area contributed by atoms with Crippen LogP contribution in [0.5, 0.6) is 0 Å². The number of fused-ring (bicyclic) bond motifs is 3. The summed E-state index contributed by atoms with van der Waals surface area (Å²) in [5.74, 6) is -0.572. The van der Waals surface area contributed by atoms with Crippen LogP contribution in [0, 0.1) is 0 Å². The Labute approximate surface area is 121 Å². The number of aryl methyl sites for hydroxylation is 1.